The van der Waals surface area contributed by atoms with E-state index in [4.69, 9.17) is 9.94 Å². The van der Waals surface area contributed by atoms with Gasteiger partial charge in [0.15, 0.2) is 5.76 Å². The number of carbonyl (C=O) groups excluding carboxylic acids is 2. The Morgan fingerprint density at radius 3 is 2.17 bits per heavy atom. The van der Waals surface area contributed by atoms with E-state index in [0.717, 1.165) is 17.7 Å². The molecule has 4 rings (SSSR count). The van der Waals surface area contributed by atoms with Crippen LogP contribution in [0.25, 0.3) is 12.2 Å². The number of amides is 1. The fourth-order valence-corrected chi connectivity index (χ4v) is 3.69. The van der Waals surface area contributed by atoms with E-state index in [1.54, 1.807) is 24.3 Å². The van der Waals surface area contributed by atoms with E-state index in [0.29, 0.717) is 23.3 Å². The van der Waals surface area contributed by atoms with Crippen molar-refractivity contribution in [2.24, 2.45) is 0 Å². The van der Waals surface area contributed by atoms with Crippen LogP contribution in [0.15, 0.2) is 101 Å². The van der Waals surface area contributed by atoms with Gasteiger partial charge < -0.3 is 4.74 Å². The molecule has 1 amide bonds. The zero-order valence-corrected chi connectivity index (χ0v) is 20.2. The molecule has 2 aliphatic rings. The standard InChI is InChI=1S/C29H17F6NO4/c30-28(31,32)22-12-19(13-23(15-22)29(33,34)35)11-21-7-6-20-14-24(8-9-25(20)27(21)38)40-16-18-3-1-17(2-4-18)5-10-26(37)36-39/h1-7,10-15,39H,16H2,(H,36,37)/b10-5+,21-11+. The van der Waals surface area contributed by atoms with Crippen molar-refractivity contribution in [1.29, 1.82) is 0 Å². The van der Waals surface area contributed by atoms with Crippen molar-refractivity contribution in [2.75, 3.05) is 0 Å². The minimum Gasteiger partial charge on any atom is -0.481 e. The summed E-state index contributed by atoms with van der Waals surface area (Å²) in [6, 6.07) is 8.04. The second kappa shape index (κ2) is 11.1. The molecule has 40 heavy (non-hydrogen) atoms. The fourth-order valence-electron chi connectivity index (χ4n) is 3.69. The van der Waals surface area contributed by atoms with Gasteiger partial charge in [-0.25, -0.2) is 5.48 Å². The summed E-state index contributed by atoms with van der Waals surface area (Å²) in [5.41, 5.74) is 5.20. The van der Waals surface area contributed by atoms with Crippen LogP contribution in [0.5, 0.6) is 0 Å². The summed E-state index contributed by atoms with van der Waals surface area (Å²) >= 11 is 0. The molecule has 2 aromatic rings. The van der Waals surface area contributed by atoms with Crippen LogP contribution in [0.4, 0.5) is 26.3 Å². The molecule has 0 unspecified atom stereocenters. The number of alkyl halides is 6. The third-order valence-electron chi connectivity index (χ3n) is 5.66. The van der Waals surface area contributed by atoms with Crippen molar-refractivity contribution in [1.82, 2.24) is 5.48 Å². The Bertz CT molecular complexity index is 1560. The lowest BCUT2D eigenvalue weighted by molar-refractivity contribution is -0.143. The molecule has 0 spiro atoms. The number of ether oxygens (including phenoxy) is 1. The minimum atomic E-state index is -5.01. The van der Waals surface area contributed by atoms with E-state index < -0.39 is 40.7 Å². The highest BCUT2D eigenvalue weighted by molar-refractivity contribution is 6.17. The Morgan fingerprint density at radius 1 is 0.925 bits per heavy atom. The van der Waals surface area contributed by atoms with E-state index in [1.165, 1.54) is 29.8 Å². The normalized spacial score (nSPS) is 16.0. The van der Waals surface area contributed by atoms with Gasteiger partial charge in [0, 0.05) is 11.6 Å². The smallest absolute Gasteiger partial charge is 0.416 e. The summed E-state index contributed by atoms with van der Waals surface area (Å²) in [4.78, 5) is 24.0. The molecule has 0 aliphatic heterocycles. The highest BCUT2D eigenvalue weighted by atomic mass is 19.4. The SMILES string of the molecule is O=C(/C=C/c1ccc(COC2=C=C=C3C(=O)/C(=C/c4cc(C(F)(F)F)cc(C(F)(F)F)c4)C=CC3=C2)cc1)NO. The van der Waals surface area contributed by atoms with Crippen LogP contribution < -0.4 is 5.48 Å². The Morgan fingerprint density at radius 2 is 1.57 bits per heavy atom. The zero-order chi connectivity index (χ0) is 29.1. The lowest BCUT2D eigenvalue weighted by Gasteiger charge is -2.16. The first kappa shape index (κ1) is 28.2. The topological polar surface area (TPSA) is 75.6 Å². The summed E-state index contributed by atoms with van der Waals surface area (Å²) in [7, 11) is 0. The number of Topliss-reactive ketones (excluding diaryl/α,β-unsaturated/α-hetero) is 1. The maximum atomic E-state index is 13.2. The lowest BCUT2D eigenvalue weighted by atomic mass is 9.88. The molecular weight excluding hydrogens is 540 g/mol. The minimum absolute atomic E-state index is 0.0185. The average molecular weight is 557 g/mol. The van der Waals surface area contributed by atoms with Gasteiger partial charge in [-0.3, -0.25) is 14.8 Å². The predicted molar refractivity (Wildman–Crippen MR) is 131 cm³/mol. The van der Waals surface area contributed by atoms with Gasteiger partial charge in [-0.1, -0.05) is 42.1 Å². The molecule has 0 fully saturated rings. The largest absolute Gasteiger partial charge is 0.481 e. The van der Waals surface area contributed by atoms with Crippen LogP contribution in [-0.4, -0.2) is 16.9 Å². The number of allylic oxidation sites excluding steroid dienone is 6. The first-order valence-electron chi connectivity index (χ1n) is 11.4. The van der Waals surface area contributed by atoms with Gasteiger partial charge in [0.1, 0.15) is 6.61 Å². The highest BCUT2D eigenvalue weighted by Gasteiger charge is 2.37. The van der Waals surface area contributed by atoms with Gasteiger partial charge in [0.05, 0.1) is 16.7 Å². The van der Waals surface area contributed by atoms with Gasteiger partial charge >= 0.3 is 12.4 Å². The van der Waals surface area contributed by atoms with Crippen molar-refractivity contribution >= 4 is 23.8 Å². The molecule has 0 aromatic heterocycles. The van der Waals surface area contributed by atoms with Crippen molar-refractivity contribution in [2.45, 2.75) is 19.0 Å². The second-order valence-electron chi connectivity index (χ2n) is 8.53. The number of nitrogens with one attached hydrogen (secondary N) is 1. The summed E-state index contributed by atoms with van der Waals surface area (Å²) in [5, 5.41) is 8.50. The van der Waals surface area contributed by atoms with Gasteiger partial charge in [-0.05, 0) is 64.4 Å². The highest BCUT2D eigenvalue weighted by Crippen LogP contribution is 2.37. The molecule has 0 atom stereocenters. The lowest BCUT2D eigenvalue weighted by Crippen LogP contribution is -2.14. The van der Waals surface area contributed by atoms with E-state index in [-0.39, 0.29) is 29.6 Å². The zero-order valence-electron chi connectivity index (χ0n) is 20.2. The summed E-state index contributed by atoms with van der Waals surface area (Å²) in [5.74, 6) is -1.07. The predicted octanol–water partition coefficient (Wildman–Crippen LogP) is 6.49. The van der Waals surface area contributed by atoms with Crippen LogP contribution in [0.1, 0.15) is 27.8 Å². The maximum Gasteiger partial charge on any atom is 0.416 e. The van der Waals surface area contributed by atoms with Crippen LogP contribution in [0.3, 0.4) is 0 Å². The van der Waals surface area contributed by atoms with Crippen molar-refractivity contribution in [3.63, 3.8) is 0 Å². The number of hydroxylamine groups is 1. The summed E-state index contributed by atoms with van der Waals surface area (Å²) in [6.07, 6.45) is -2.14. The fraction of sp³-hybridized carbons (Fsp3) is 0.103. The number of rotatable bonds is 6. The Hall–Kier alpha value is -4.82. The average Bonchev–Trinajstić information content (AvgIpc) is 2.91. The van der Waals surface area contributed by atoms with Gasteiger partial charge in [-0.15, -0.1) is 0 Å². The third-order valence-corrected chi connectivity index (χ3v) is 5.66. The molecule has 2 aromatic carbocycles. The Labute approximate surface area is 223 Å². The number of carbonyl (C=O) groups is 2. The maximum absolute atomic E-state index is 13.2. The molecule has 2 N–H and O–H groups in total. The number of fused-ring (bicyclic) bond motifs is 1. The molecule has 11 heteroatoms. The van der Waals surface area contributed by atoms with Crippen LogP contribution in [0.2, 0.25) is 0 Å². The summed E-state index contributed by atoms with van der Waals surface area (Å²) in [6.45, 7) is 0.129. The van der Waals surface area contributed by atoms with Crippen LogP contribution in [0, 0.1) is 0 Å². The molecule has 5 nitrogen and oxygen atoms in total. The first-order valence-corrected chi connectivity index (χ1v) is 11.4. The van der Waals surface area contributed by atoms with Crippen molar-refractivity contribution < 1.29 is 45.9 Å². The van der Waals surface area contributed by atoms with Crippen LogP contribution >= 0.6 is 0 Å². The number of benzene rings is 2. The van der Waals surface area contributed by atoms with Gasteiger partial charge in [-0.2, -0.15) is 26.3 Å². The molecule has 0 radical (unpaired) electrons. The quantitative estimate of drug-likeness (QED) is 0.140. The summed E-state index contributed by atoms with van der Waals surface area (Å²) < 4.78 is 84.7. The molecule has 204 valence electrons. The molecular formula is C29H17F6NO4. The molecule has 0 saturated carbocycles. The monoisotopic (exact) mass is 557 g/mol. The van der Waals surface area contributed by atoms with E-state index in [9.17, 15) is 35.9 Å². The van der Waals surface area contributed by atoms with E-state index in [1.807, 2.05) is 0 Å². The Balaban J connectivity index is 1.53. The number of ketones is 1. The van der Waals surface area contributed by atoms with Gasteiger partial charge in [0.2, 0.25) is 5.78 Å². The van der Waals surface area contributed by atoms with Crippen LogP contribution in [-0.2, 0) is 33.3 Å². The molecule has 0 heterocycles. The molecule has 2 aliphatic carbocycles. The van der Waals surface area contributed by atoms with E-state index >= 15 is 0 Å². The number of hydrogen-bond acceptors (Lipinski definition) is 4. The third kappa shape index (κ3) is 6.78. The van der Waals surface area contributed by atoms with E-state index in [2.05, 4.69) is 11.5 Å². The number of hydrogen-bond donors (Lipinski definition) is 2. The Kier molecular flexibility index (Phi) is 7.84. The molecule has 0 bridgehead atoms. The number of halogens is 6. The van der Waals surface area contributed by atoms with Gasteiger partial charge in [0.25, 0.3) is 5.91 Å². The van der Waals surface area contributed by atoms with Crippen molar-refractivity contribution in [3.05, 3.63) is 129 Å². The second-order valence-corrected chi connectivity index (χ2v) is 8.53. The molecule has 0 saturated heterocycles. The van der Waals surface area contributed by atoms with Crippen molar-refractivity contribution in [3.8, 4) is 0 Å². The first-order chi connectivity index (χ1) is 18.8.